The smallest absolute Gasteiger partial charge is 0.412 e. The van der Waals surface area contributed by atoms with E-state index in [9.17, 15) is 14.4 Å². The zero-order valence-corrected chi connectivity index (χ0v) is 19.8. The zero-order chi connectivity index (χ0) is 25.2. The number of aliphatic hydroxyl groups is 1. The Bertz CT molecular complexity index is 1260. The molecule has 0 aliphatic carbocycles. The Morgan fingerprint density at radius 1 is 1.09 bits per heavy atom. The fourth-order valence-electron chi connectivity index (χ4n) is 3.80. The van der Waals surface area contributed by atoms with Crippen molar-refractivity contribution in [3.05, 3.63) is 70.9 Å². The van der Waals surface area contributed by atoms with Gasteiger partial charge in [-0.05, 0) is 68.7 Å². The molecule has 1 aliphatic heterocycles. The van der Waals surface area contributed by atoms with Gasteiger partial charge in [-0.1, -0.05) is 17.3 Å². The van der Waals surface area contributed by atoms with E-state index >= 15 is 0 Å². The van der Waals surface area contributed by atoms with E-state index in [1.807, 2.05) is 6.07 Å². The van der Waals surface area contributed by atoms with Crippen LogP contribution in [0.3, 0.4) is 0 Å². The van der Waals surface area contributed by atoms with Crippen LogP contribution in [-0.2, 0) is 17.7 Å². The maximum atomic E-state index is 13.0. The lowest BCUT2D eigenvalue weighted by atomic mass is 9.96. The normalized spacial score (nSPS) is 13.2. The molecule has 2 heterocycles. The molecule has 2 N–H and O–H groups in total. The van der Waals surface area contributed by atoms with E-state index in [1.165, 1.54) is 0 Å². The summed E-state index contributed by atoms with van der Waals surface area (Å²) in [5, 5.41) is 15.7. The fourth-order valence-corrected chi connectivity index (χ4v) is 3.80. The van der Waals surface area contributed by atoms with Gasteiger partial charge in [0.15, 0.2) is 17.2 Å². The molecule has 1 aliphatic rings. The van der Waals surface area contributed by atoms with E-state index in [2.05, 4.69) is 10.5 Å². The molecule has 4 rings (SSSR count). The number of ketones is 1. The number of benzene rings is 2. The van der Waals surface area contributed by atoms with Crippen LogP contribution in [0.5, 0.6) is 0 Å². The number of nitrogens with one attached hydrogen (secondary N) is 1. The van der Waals surface area contributed by atoms with E-state index < -0.39 is 18.3 Å². The summed E-state index contributed by atoms with van der Waals surface area (Å²) < 4.78 is 10.6. The number of carbonyl (C=O) groups is 3. The molecule has 0 radical (unpaired) electrons. The highest BCUT2D eigenvalue weighted by Crippen LogP contribution is 2.26. The number of amides is 2. The van der Waals surface area contributed by atoms with Crippen molar-refractivity contribution in [2.45, 2.75) is 39.3 Å². The molecular weight excluding hydrogens is 450 g/mol. The molecule has 35 heavy (non-hydrogen) atoms. The van der Waals surface area contributed by atoms with E-state index in [4.69, 9.17) is 14.4 Å². The molecule has 2 aromatic carbocycles. The number of anilines is 1. The summed E-state index contributed by atoms with van der Waals surface area (Å²) in [6.45, 7) is 5.72. The van der Waals surface area contributed by atoms with E-state index in [1.54, 1.807) is 68.1 Å². The highest BCUT2D eigenvalue weighted by molar-refractivity contribution is 5.97. The fraction of sp³-hybridized carbons (Fsp3) is 0.308. The zero-order valence-electron chi connectivity index (χ0n) is 19.8. The van der Waals surface area contributed by atoms with E-state index in [0.29, 0.717) is 42.1 Å². The highest BCUT2D eigenvalue weighted by atomic mass is 16.6. The molecule has 0 bridgehead atoms. The molecule has 9 heteroatoms. The van der Waals surface area contributed by atoms with Gasteiger partial charge in [-0.2, -0.15) is 0 Å². The number of nitrogens with zero attached hydrogens (tertiary/aromatic N) is 2. The van der Waals surface area contributed by atoms with Gasteiger partial charge in [0.2, 0.25) is 0 Å². The Hall–Kier alpha value is -3.98. The maximum Gasteiger partial charge on any atom is 0.412 e. The van der Waals surface area contributed by atoms with Gasteiger partial charge in [-0.15, -0.1) is 0 Å². The Balaban J connectivity index is 1.41. The van der Waals surface area contributed by atoms with Crippen LogP contribution in [0.1, 0.15) is 52.7 Å². The number of aromatic nitrogens is 1. The number of hydrogen-bond acceptors (Lipinski definition) is 7. The molecule has 0 fully saturated rings. The molecule has 9 nitrogen and oxygen atoms in total. The summed E-state index contributed by atoms with van der Waals surface area (Å²) in [5.74, 6) is -0.138. The van der Waals surface area contributed by atoms with Crippen LogP contribution >= 0.6 is 0 Å². The van der Waals surface area contributed by atoms with Crippen molar-refractivity contribution in [2.24, 2.45) is 0 Å². The second-order valence-corrected chi connectivity index (χ2v) is 9.32. The van der Waals surface area contributed by atoms with Crippen molar-refractivity contribution in [1.29, 1.82) is 0 Å². The van der Waals surface area contributed by atoms with Crippen LogP contribution in [0.25, 0.3) is 11.3 Å². The summed E-state index contributed by atoms with van der Waals surface area (Å²) in [6.07, 6.45) is 0.0573. The Morgan fingerprint density at radius 3 is 2.51 bits per heavy atom. The summed E-state index contributed by atoms with van der Waals surface area (Å²) in [7, 11) is 0. The number of fused-ring (bicyclic) bond motifs is 1. The van der Waals surface area contributed by atoms with Gasteiger partial charge in [0, 0.05) is 36.0 Å². The summed E-state index contributed by atoms with van der Waals surface area (Å²) >= 11 is 0. The summed E-state index contributed by atoms with van der Waals surface area (Å²) in [4.78, 5) is 38.4. The summed E-state index contributed by atoms with van der Waals surface area (Å²) in [6, 6.07) is 13.8. The predicted octanol–water partition coefficient (Wildman–Crippen LogP) is 4.06. The molecule has 182 valence electrons. The minimum Gasteiger partial charge on any atom is -0.444 e. The van der Waals surface area contributed by atoms with E-state index in [0.717, 1.165) is 11.1 Å². The molecule has 2 amide bonds. The second kappa shape index (κ2) is 9.71. The molecule has 0 saturated carbocycles. The Kier molecular flexibility index (Phi) is 6.70. The third-order valence-corrected chi connectivity index (χ3v) is 5.52. The van der Waals surface area contributed by atoms with Crippen LogP contribution in [0, 0.1) is 0 Å². The minimum atomic E-state index is -0.592. The predicted molar refractivity (Wildman–Crippen MR) is 128 cm³/mol. The Labute approximate surface area is 202 Å². The first-order valence-electron chi connectivity index (χ1n) is 11.3. The molecule has 0 atom stereocenters. The number of rotatable bonds is 5. The van der Waals surface area contributed by atoms with Gasteiger partial charge in [0.25, 0.3) is 5.91 Å². The lowest BCUT2D eigenvalue weighted by Gasteiger charge is -2.28. The maximum absolute atomic E-state index is 13.0. The SMILES string of the molecule is CC(C)(C)OC(=O)Nc1ccc(-c2cc(C(=O)N3CCc4cc(C(=O)CO)ccc4C3)no2)cc1. The Morgan fingerprint density at radius 2 is 1.83 bits per heavy atom. The van der Waals surface area contributed by atoms with Gasteiger partial charge in [-0.25, -0.2) is 4.79 Å². The van der Waals surface area contributed by atoms with Gasteiger partial charge in [0.05, 0.1) is 0 Å². The highest BCUT2D eigenvalue weighted by Gasteiger charge is 2.25. The van der Waals surface area contributed by atoms with Gasteiger partial charge in [0.1, 0.15) is 12.2 Å². The third-order valence-electron chi connectivity index (χ3n) is 5.52. The van der Waals surface area contributed by atoms with Crippen molar-refractivity contribution < 1.29 is 28.8 Å². The van der Waals surface area contributed by atoms with Gasteiger partial charge < -0.3 is 19.3 Å². The molecule has 1 aromatic heterocycles. The number of Topliss-reactive ketones (excluding diaryl/α,β-unsaturated/α-hetero) is 1. The number of hydrogen-bond donors (Lipinski definition) is 2. The molecule has 0 saturated heterocycles. The molecular formula is C26H27N3O6. The average molecular weight is 478 g/mol. The second-order valence-electron chi connectivity index (χ2n) is 9.32. The van der Waals surface area contributed by atoms with Crippen LogP contribution in [0.4, 0.5) is 10.5 Å². The lowest BCUT2D eigenvalue weighted by Crippen LogP contribution is -2.36. The quantitative estimate of drug-likeness (QED) is 0.531. The number of aliphatic hydroxyl groups excluding tert-OH is 1. The largest absolute Gasteiger partial charge is 0.444 e. The van der Waals surface area contributed by atoms with Crippen molar-refractivity contribution in [2.75, 3.05) is 18.5 Å². The first-order chi connectivity index (χ1) is 16.6. The van der Waals surface area contributed by atoms with Crippen molar-refractivity contribution >= 4 is 23.5 Å². The van der Waals surface area contributed by atoms with Crippen LogP contribution in [-0.4, -0.2) is 51.7 Å². The van der Waals surface area contributed by atoms with Crippen LogP contribution in [0.15, 0.2) is 53.1 Å². The molecule has 3 aromatic rings. The van der Waals surface area contributed by atoms with Crippen LogP contribution < -0.4 is 5.32 Å². The van der Waals surface area contributed by atoms with E-state index in [-0.39, 0.29) is 17.4 Å². The van der Waals surface area contributed by atoms with Crippen molar-refractivity contribution in [3.8, 4) is 11.3 Å². The first-order valence-corrected chi connectivity index (χ1v) is 11.3. The van der Waals surface area contributed by atoms with Gasteiger partial charge >= 0.3 is 6.09 Å². The number of ether oxygens (including phenoxy) is 1. The number of carbonyl (C=O) groups excluding carboxylic acids is 3. The van der Waals surface area contributed by atoms with Gasteiger partial charge in [-0.3, -0.25) is 14.9 Å². The lowest BCUT2D eigenvalue weighted by molar-refractivity contribution is 0.0635. The first kappa shape index (κ1) is 24.2. The minimum absolute atomic E-state index is 0.200. The van der Waals surface area contributed by atoms with Crippen molar-refractivity contribution in [1.82, 2.24) is 10.1 Å². The van der Waals surface area contributed by atoms with Crippen LogP contribution in [0.2, 0.25) is 0 Å². The summed E-state index contributed by atoms with van der Waals surface area (Å²) in [5.41, 5.74) is 3.30. The standard InChI is InChI=1S/C26H27N3O6/c1-26(2,3)34-25(33)27-20-8-6-16(7-9-20)23-13-21(28-35-23)24(32)29-11-10-17-12-18(22(31)15-30)4-5-19(17)14-29/h4-9,12-13,30H,10-11,14-15H2,1-3H3,(H,27,33). The third kappa shape index (κ3) is 5.75. The molecule has 0 unspecified atom stereocenters. The van der Waals surface area contributed by atoms with Crippen molar-refractivity contribution in [3.63, 3.8) is 0 Å². The monoisotopic (exact) mass is 477 g/mol. The average Bonchev–Trinajstić information content (AvgIpc) is 3.32. The topological polar surface area (TPSA) is 122 Å². The molecule has 0 spiro atoms.